The van der Waals surface area contributed by atoms with Crippen LogP contribution >= 0.6 is 0 Å². The van der Waals surface area contributed by atoms with Crippen LogP contribution in [0.15, 0.2) is 66.7 Å². The Morgan fingerprint density at radius 1 is 0.750 bits per heavy atom. The molecule has 3 rings (SSSR count). The summed E-state index contributed by atoms with van der Waals surface area (Å²) in [5.41, 5.74) is 0.458. The van der Waals surface area contributed by atoms with Crippen molar-refractivity contribution in [2.45, 2.75) is 19.4 Å². The molecule has 0 spiro atoms. The number of rotatable bonds is 4. The second kappa shape index (κ2) is 7.31. The molecule has 3 nitrogen and oxygen atoms in total. The Morgan fingerprint density at radius 2 is 1.29 bits per heavy atom. The normalized spacial score (nSPS) is 12.0. The molecule has 0 aromatic heterocycles. The van der Waals surface area contributed by atoms with E-state index in [0.717, 1.165) is 27.8 Å². The first-order valence-electron chi connectivity index (χ1n) is 8.36. The Labute approximate surface area is 161 Å². The van der Waals surface area contributed by atoms with E-state index in [4.69, 9.17) is 0 Å². The molecule has 0 amide bonds. The van der Waals surface area contributed by atoms with Crippen molar-refractivity contribution in [2.75, 3.05) is 0 Å². The van der Waals surface area contributed by atoms with Crippen LogP contribution in [0, 0.1) is 13.8 Å². The van der Waals surface area contributed by atoms with Gasteiger partial charge in [0.25, 0.3) is 0 Å². The molecule has 7 heteroatoms. The first kappa shape index (κ1) is 19.9. The second-order valence-corrected chi connectivity index (χ2v) is 7.94. The summed E-state index contributed by atoms with van der Waals surface area (Å²) < 4.78 is 63.5. The minimum absolute atomic E-state index is 0.394. The van der Waals surface area contributed by atoms with Crippen molar-refractivity contribution in [3.63, 3.8) is 0 Å². The number of benzene rings is 3. The SMILES string of the molecule is Cc1ccc(-c2ccc(-c3ccc(OS(=O)(=O)C(F)(F)F)cc3)c(C)c2)cc1. The largest absolute Gasteiger partial charge is 0.534 e. The van der Waals surface area contributed by atoms with E-state index >= 15 is 0 Å². The first-order valence-corrected chi connectivity index (χ1v) is 9.76. The Hall–Kier alpha value is -2.80. The second-order valence-electron chi connectivity index (χ2n) is 6.40. The maximum atomic E-state index is 12.4. The highest BCUT2D eigenvalue weighted by Gasteiger charge is 2.48. The lowest BCUT2D eigenvalue weighted by atomic mass is 9.95. The molecule has 0 atom stereocenters. The van der Waals surface area contributed by atoms with Crippen molar-refractivity contribution in [3.8, 4) is 28.0 Å². The van der Waals surface area contributed by atoms with Gasteiger partial charge in [0.15, 0.2) is 0 Å². The summed E-state index contributed by atoms with van der Waals surface area (Å²) in [6.45, 7) is 3.96. The first-order chi connectivity index (χ1) is 13.1. The molecule has 0 radical (unpaired) electrons. The summed E-state index contributed by atoms with van der Waals surface area (Å²) in [7, 11) is -5.68. The summed E-state index contributed by atoms with van der Waals surface area (Å²) in [6.07, 6.45) is 0. The average molecular weight is 406 g/mol. The topological polar surface area (TPSA) is 43.4 Å². The molecule has 3 aromatic carbocycles. The van der Waals surface area contributed by atoms with Crippen molar-refractivity contribution in [2.24, 2.45) is 0 Å². The van der Waals surface area contributed by atoms with Crippen LogP contribution in [0.1, 0.15) is 11.1 Å². The molecule has 0 fully saturated rings. The molecule has 28 heavy (non-hydrogen) atoms. The molecule has 0 N–H and O–H groups in total. The smallest absolute Gasteiger partial charge is 0.376 e. The van der Waals surface area contributed by atoms with Crippen LogP contribution in [0.2, 0.25) is 0 Å². The third-order valence-corrected chi connectivity index (χ3v) is 5.24. The predicted molar refractivity (Wildman–Crippen MR) is 102 cm³/mol. The van der Waals surface area contributed by atoms with Crippen molar-refractivity contribution in [1.29, 1.82) is 0 Å². The summed E-state index contributed by atoms with van der Waals surface area (Å²) in [6, 6.07) is 19.5. The third-order valence-electron chi connectivity index (χ3n) is 4.27. The van der Waals surface area contributed by atoms with Gasteiger partial charge in [0.05, 0.1) is 0 Å². The summed E-state index contributed by atoms with van der Waals surface area (Å²) in [5.74, 6) is -0.394. The van der Waals surface area contributed by atoms with Gasteiger partial charge >= 0.3 is 15.6 Å². The zero-order chi connectivity index (χ0) is 20.5. The molecule has 0 unspecified atom stereocenters. The lowest BCUT2D eigenvalue weighted by Gasteiger charge is -2.12. The van der Waals surface area contributed by atoms with Crippen molar-refractivity contribution in [1.82, 2.24) is 0 Å². The number of aryl methyl sites for hydroxylation is 2. The Kier molecular flexibility index (Phi) is 5.21. The van der Waals surface area contributed by atoms with Crippen molar-refractivity contribution >= 4 is 10.1 Å². The highest BCUT2D eigenvalue weighted by molar-refractivity contribution is 7.88. The van der Waals surface area contributed by atoms with Gasteiger partial charge in [-0.15, -0.1) is 0 Å². The highest BCUT2D eigenvalue weighted by Crippen LogP contribution is 2.31. The van der Waals surface area contributed by atoms with Gasteiger partial charge in [0.1, 0.15) is 5.75 Å². The fourth-order valence-electron chi connectivity index (χ4n) is 2.78. The predicted octanol–water partition coefficient (Wildman–Crippen LogP) is 5.87. The van der Waals surface area contributed by atoms with E-state index in [1.54, 1.807) is 0 Å². The van der Waals surface area contributed by atoms with Crippen LogP contribution in [-0.2, 0) is 10.1 Å². The van der Waals surface area contributed by atoms with E-state index in [1.165, 1.54) is 29.8 Å². The lowest BCUT2D eigenvalue weighted by molar-refractivity contribution is -0.0500. The van der Waals surface area contributed by atoms with Gasteiger partial charge in [-0.25, -0.2) is 0 Å². The maximum absolute atomic E-state index is 12.4. The third kappa shape index (κ3) is 4.20. The fourth-order valence-corrected chi connectivity index (χ4v) is 3.24. The molecule has 3 aromatic rings. The molecular formula is C21H17F3O3S. The number of alkyl halides is 3. The summed E-state index contributed by atoms with van der Waals surface area (Å²) >= 11 is 0. The minimum Gasteiger partial charge on any atom is -0.376 e. The Bertz CT molecular complexity index is 1090. The van der Waals surface area contributed by atoms with Crippen LogP contribution in [0.3, 0.4) is 0 Å². The fraction of sp³-hybridized carbons (Fsp3) is 0.143. The number of hydrogen-bond donors (Lipinski definition) is 0. The quantitative estimate of drug-likeness (QED) is 0.402. The van der Waals surface area contributed by atoms with E-state index in [-0.39, 0.29) is 0 Å². The lowest BCUT2D eigenvalue weighted by Crippen LogP contribution is -2.28. The Morgan fingerprint density at radius 3 is 1.82 bits per heavy atom. The van der Waals surface area contributed by atoms with E-state index in [2.05, 4.69) is 4.18 Å². The molecule has 0 saturated carbocycles. The zero-order valence-corrected chi connectivity index (χ0v) is 15.9. The van der Waals surface area contributed by atoms with Gasteiger partial charge in [0, 0.05) is 0 Å². The van der Waals surface area contributed by atoms with E-state index in [1.807, 2.05) is 56.3 Å². The molecule has 0 aliphatic rings. The monoisotopic (exact) mass is 406 g/mol. The molecular weight excluding hydrogens is 389 g/mol. The van der Waals surface area contributed by atoms with E-state index in [0.29, 0.717) is 0 Å². The van der Waals surface area contributed by atoms with Crippen molar-refractivity contribution < 1.29 is 25.8 Å². The van der Waals surface area contributed by atoms with Crippen molar-refractivity contribution in [3.05, 3.63) is 77.9 Å². The Balaban J connectivity index is 1.85. The van der Waals surface area contributed by atoms with Gasteiger partial charge in [-0.05, 0) is 53.8 Å². The van der Waals surface area contributed by atoms with Crippen LogP contribution in [0.4, 0.5) is 13.2 Å². The van der Waals surface area contributed by atoms with E-state index < -0.39 is 21.4 Å². The van der Waals surface area contributed by atoms with Crippen LogP contribution in [0.25, 0.3) is 22.3 Å². The minimum atomic E-state index is -5.68. The average Bonchev–Trinajstić information content (AvgIpc) is 2.62. The maximum Gasteiger partial charge on any atom is 0.534 e. The van der Waals surface area contributed by atoms with Crippen LogP contribution < -0.4 is 4.18 Å². The van der Waals surface area contributed by atoms with Gasteiger partial charge < -0.3 is 4.18 Å². The van der Waals surface area contributed by atoms with Gasteiger partial charge in [-0.2, -0.15) is 21.6 Å². The van der Waals surface area contributed by atoms with Gasteiger partial charge in [-0.3, -0.25) is 0 Å². The molecule has 0 bridgehead atoms. The standard InChI is InChI=1S/C21H17F3O3S/c1-14-3-5-16(6-4-14)18-9-12-20(15(2)13-18)17-7-10-19(11-8-17)27-28(25,26)21(22,23)24/h3-13H,1-2H3. The molecule has 0 heterocycles. The number of halogens is 3. The van der Waals surface area contributed by atoms with Crippen LogP contribution in [0.5, 0.6) is 5.75 Å². The van der Waals surface area contributed by atoms with Crippen LogP contribution in [-0.4, -0.2) is 13.9 Å². The summed E-state index contributed by atoms with van der Waals surface area (Å²) in [5, 5.41) is 0. The zero-order valence-electron chi connectivity index (χ0n) is 15.1. The van der Waals surface area contributed by atoms with Gasteiger partial charge in [-0.1, -0.05) is 60.2 Å². The molecule has 0 aliphatic heterocycles. The molecule has 0 saturated heterocycles. The molecule has 146 valence electrons. The number of hydrogen-bond acceptors (Lipinski definition) is 3. The summed E-state index contributed by atoms with van der Waals surface area (Å²) in [4.78, 5) is 0. The van der Waals surface area contributed by atoms with Gasteiger partial charge in [0.2, 0.25) is 0 Å². The highest BCUT2D eigenvalue weighted by atomic mass is 32.2. The van der Waals surface area contributed by atoms with E-state index in [9.17, 15) is 21.6 Å². The molecule has 0 aliphatic carbocycles.